The van der Waals surface area contributed by atoms with E-state index in [4.69, 9.17) is 19.9 Å². The van der Waals surface area contributed by atoms with E-state index in [2.05, 4.69) is 0 Å². The van der Waals surface area contributed by atoms with E-state index < -0.39 is 23.8 Å². The van der Waals surface area contributed by atoms with E-state index in [1.54, 1.807) is 31.2 Å². The van der Waals surface area contributed by atoms with Gasteiger partial charge in [-0.15, -0.1) is 0 Å². The highest BCUT2D eigenvalue weighted by Crippen LogP contribution is 2.31. The molecule has 5 nitrogen and oxygen atoms in total. The van der Waals surface area contributed by atoms with Gasteiger partial charge in [-0.1, -0.05) is 18.2 Å². The Kier molecular flexibility index (Phi) is 7.28. The summed E-state index contributed by atoms with van der Waals surface area (Å²) < 4.78 is 54.2. The number of halogens is 3. The average Bonchev–Trinajstić information content (AvgIpc) is 2.66. The van der Waals surface area contributed by atoms with E-state index in [0.717, 1.165) is 17.7 Å². The summed E-state index contributed by atoms with van der Waals surface area (Å²) in [5.41, 5.74) is 6.20. The zero-order chi connectivity index (χ0) is 20.7. The molecule has 28 heavy (non-hydrogen) atoms. The minimum Gasteiger partial charge on any atom is -0.493 e. The standard InChI is InChI=1S/C20H22F3NO4/c1-3-27-19(25)16(24)10-13-7-8-17(18(11-13)26-2)28-12-14-5-4-6-15(9-14)20(21,22)23/h4-9,11,16H,3,10,12,24H2,1-2H3. The van der Waals surface area contributed by atoms with Crippen LogP contribution in [0.25, 0.3) is 0 Å². The first-order chi connectivity index (χ1) is 13.2. The average molecular weight is 397 g/mol. The molecule has 2 N–H and O–H groups in total. The number of nitrogens with two attached hydrogens (primary N) is 1. The molecule has 0 amide bonds. The molecular weight excluding hydrogens is 375 g/mol. The number of ether oxygens (including phenoxy) is 3. The number of benzene rings is 2. The maximum atomic E-state index is 12.8. The van der Waals surface area contributed by atoms with Gasteiger partial charge in [-0.3, -0.25) is 4.79 Å². The molecule has 2 aromatic rings. The molecule has 0 aliphatic carbocycles. The van der Waals surface area contributed by atoms with Crippen LogP contribution in [0.3, 0.4) is 0 Å². The molecule has 0 radical (unpaired) electrons. The molecule has 2 rings (SSSR count). The van der Waals surface area contributed by atoms with Crippen molar-refractivity contribution in [1.82, 2.24) is 0 Å². The van der Waals surface area contributed by atoms with Gasteiger partial charge >= 0.3 is 12.1 Å². The molecule has 0 saturated heterocycles. The first-order valence-electron chi connectivity index (χ1n) is 8.62. The summed E-state index contributed by atoms with van der Waals surface area (Å²) in [7, 11) is 1.45. The molecule has 152 valence electrons. The van der Waals surface area contributed by atoms with Gasteiger partial charge in [0.2, 0.25) is 0 Å². The fourth-order valence-corrected chi connectivity index (χ4v) is 2.54. The summed E-state index contributed by atoms with van der Waals surface area (Å²) in [6, 6.07) is 9.13. The van der Waals surface area contributed by atoms with Gasteiger partial charge in [0.15, 0.2) is 11.5 Å². The fraction of sp³-hybridized carbons (Fsp3) is 0.350. The number of alkyl halides is 3. The topological polar surface area (TPSA) is 70.8 Å². The van der Waals surface area contributed by atoms with Crippen LogP contribution in [-0.4, -0.2) is 25.7 Å². The van der Waals surface area contributed by atoms with E-state index in [-0.39, 0.29) is 19.6 Å². The van der Waals surface area contributed by atoms with Gasteiger partial charge in [-0.25, -0.2) is 0 Å². The van der Waals surface area contributed by atoms with Crippen LogP contribution in [0.15, 0.2) is 42.5 Å². The lowest BCUT2D eigenvalue weighted by molar-refractivity contribution is -0.144. The number of esters is 1. The second kappa shape index (κ2) is 9.45. The third-order valence-corrected chi connectivity index (χ3v) is 3.92. The SMILES string of the molecule is CCOC(=O)C(N)Cc1ccc(OCc2cccc(C(F)(F)F)c2)c(OC)c1. The number of hydrogen-bond donors (Lipinski definition) is 1. The molecule has 0 aliphatic rings. The molecule has 1 atom stereocenters. The van der Waals surface area contributed by atoms with Gasteiger partial charge in [0.05, 0.1) is 19.3 Å². The minimum absolute atomic E-state index is 0.0536. The van der Waals surface area contributed by atoms with Crippen molar-refractivity contribution in [2.75, 3.05) is 13.7 Å². The highest BCUT2D eigenvalue weighted by molar-refractivity contribution is 5.75. The molecule has 1 unspecified atom stereocenters. The van der Waals surface area contributed by atoms with Gasteiger partial charge in [-0.2, -0.15) is 13.2 Å². The van der Waals surface area contributed by atoms with Crippen molar-refractivity contribution >= 4 is 5.97 Å². The Morgan fingerprint density at radius 2 is 1.86 bits per heavy atom. The molecule has 0 saturated carbocycles. The molecular formula is C20H22F3NO4. The molecule has 0 spiro atoms. The lowest BCUT2D eigenvalue weighted by Gasteiger charge is -2.15. The number of carbonyl (C=O) groups is 1. The summed E-state index contributed by atoms with van der Waals surface area (Å²) >= 11 is 0. The lowest BCUT2D eigenvalue weighted by atomic mass is 10.1. The van der Waals surface area contributed by atoms with E-state index in [9.17, 15) is 18.0 Å². The first kappa shape index (κ1) is 21.6. The summed E-state index contributed by atoms with van der Waals surface area (Å²) in [5, 5.41) is 0. The van der Waals surface area contributed by atoms with Crippen molar-refractivity contribution in [3.63, 3.8) is 0 Å². The Morgan fingerprint density at radius 3 is 2.50 bits per heavy atom. The van der Waals surface area contributed by atoms with Gasteiger partial charge in [0, 0.05) is 0 Å². The Bertz CT molecular complexity index is 808. The summed E-state index contributed by atoms with van der Waals surface area (Å²) in [5.74, 6) is 0.264. The third kappa shape index (κ3) is 5.88. The maximum absolute atomic E-state index is 12.8. The van der Waals surface area contributed by atoms with E-state index in [0.29, 0.717) is 17.1 Å². The van der Waals surface area contributed by atoms with Crippen LogP contribution in [0.5, 0.6) is 11.5 Å². The molecule has 0 fully saturated rings. The Balaban J connectivity index is 2.07. The zero-order valence-electron chi connectivity index (χ0n) is 15.6. The molecule has 0 aliphatic heterocycles. The smallest absolute Gasteiger partial charge is 0.416 e. The fourth-order valence-electron chi connectivity index (χ4n) is 2.54. The van der Waals surface area contributed by atoms with Crippen molar-refractivity contribution in [1.29, 1.82) is 0 Å². The quantitative estimate of drug-likeness (QED) is 0.688. The van der Waals surface area contributed by atoms with Gasteiger partial charge in [-0.05, 0) is 48.7 Å². The maximum Gasteiger partial charge on any atom is 0.416 e. The van der Waals surface area contributed by atoms with Crippen molar-refractivity contribution < 1.29 is 32.2 Å². The zero-order valence-corrected chi connectivity index (χ0v) is 15.6. The summed E-state index contributed by atoms with van der Waals surface area (Å²) in [6.45, 7) is 1.89. The Labute approximate surface area is 161 Å². The predicted molar refractivity (Wildman–Crippen MR) is 97.1 cm³/mol. The number of hydrogen-bond acceptors (Lipinski definition) is 5. The van der Waals surface area contributed by atoms with Crippen LogP contribution in [-0.2, 0) is 28.7 Å². The highest BCUT2D eigenvalue weighted by atomic mass is 19.4. The molecule has 8 heteroatoms. The van der Waals surface area contributed by atoms with Crippen molar-refractivity contribution in [3.8, 4) is 11.5 Å². The predicted octanol–water partition coefficient (Wildman–Crippen LogP) is 3.73. The summed E-state index contributed by atoms with van der Waals surface area (Å²) in [6.07, 6.45) is -4.16. The number of methoxy groups -OCH3 is 1. The molecule has 0 aromatic heterocycles. The number of carbonyl (C=O) groups excluding carboxylic acids is 1. The summed E-state index contributed by atoms with van der Waals surface area (Å²) in [4.78, 5) is 11.6. The number of rotatable bonds is 8. The van der Waals surface area contributed by atoms with E-state index >= 15 is 0 Å². The van der Waals surface area contributed by atoms with Crippen molar-refractivity contribution in [2.45, 2.75) is 32.2 Å². The van der Waals surface area contributed by atoms with Crippen LogP contribution in [0.1, 0.15) is 23.6 Å². The van der Waals surface area contributed by atoms with Gasteiger partial charge < -0.3 is 19.9 Å². The van der Waals surface area contributed by atoms with Crippen LogP contribution < -0.4 is 15.2 Å². The molecule has 0 heterocycles. The van der Waals surface area contributed by atoms with Gasteiger partial charge in [0.1, 0.15) is 12.6 Å². The molecule has 2 aromatic carbocycles. The highest BCUT2D eigenvalue weighted by Gasteiger charge is 2.30. The first-order valence-corrected chi connectivity index (χ1v) is 8.62. The molecule has 0 bridgehead atoms. The van der Waals surface area contributed by atoms with E-state index in [1.165, 1.54) is 13.2 Å². The second-order valence-electron chi connectivity index (χ2n) is 6.03. The minimum atomic E-state index is -4.41. The largest absolute Gasteiger partial charge is 0.493 e. The van der Waals surface area contributed by atoms with Crippen molar-refractivity contribution in [3.05, 3.63) is 59.2 Å². The Morgan fingerprint density at radius 1 is 1.11 bits per heavy atom. The van der Waals surface area contributed by atoms with Crippen LogP contribution >= 0.6 is 0 Å². The normalized spacial score (nSPS) is 12.4. The van der Waals surface area contributed by atoms with Crippen LogP contribution in [0, 0.1) is 0 Å². The van der Waals surface area contributed by atoms with Crippen molar-refractivity contribution in [2.24, 2.45) is 5.73 Å². The second-order valence-corrected chi connectivity index (χ2v) is 6.03. The van der Waals surface area contributed by atoms with Crippen LogP contribution in [0.2, 0.25) is 0 Å². The Hall–Kier alpha value is -2.74. The van der Waals surface area contributed by atoms with E-state index in [1.807, 2.05) is 0 Å². The lowest BCUT2D eigenvalue weighted by Crippen LogP contribution is -2.34. The monoisotopic (exact) mass is 397 g/mol. The van der Waals surface area contributed by atoms with Gasteiger partial charge in [0.25, 0.3) is 0 Å². The third-order valence-electron chi connectivity index (χ3n) is 3.92. The van der Waals surface area contributed by atoms with Crippen LogP contribution in [0.4, 0.5) is 13.2 Å².